The van der Waals surface area contributed by atoms with Crippen molar-refractivity contribution in [3.63, 3.8) is 0 Å². The van der Waals surface area contributed by atoms with Gasteiger partial charge in [0.2, 0.25) is 0 Å². The van der Waals surface area contributed by atoms with Gasteiger partial charge in [-0.05, 0) is 37.1 Å². The van der Waals surface area contributed by atoms with Crippen LogP contribution >= 0.6 is 0 Å². The van der Waals surface area contributed by atoms with E-state index < -0.39 is 18.0 Å². The molecule has 1 aliphatic heterocycles. The van der Waals surface area contributed by atoms with Crippen LogP contribution in [0.1, 0.15) is 28.9 Å². The van der Waals surface area contributed by atoms with Gasteiger partial charge < -0.3 is 14.4 Å². The lowest BCUT2D eigenvalue weighted by atomic mass is 10.1. The van der Waals surface area contributed by atoms with Crippen LogP contribution in [0.4, 0.5) is 13.2 Å². The summed E-state index contributed by atoms with van der Waals surface area (Å²) in [5.74, 6) is 0.384. The Labute approximate surface area is 153 Å². The Bertz CT molecular complexity index is 814. The largest absolute Gasteiger partial charge is 0.497 e. The molecule has 6 nitrogen and oxygen atoms in total. The summed E-state index contributed by atoms with van der Waals surface area (Å²) in [5.41, 5.74) is -0.585. The molecule has 1 unspecified atom stereocenters. The Morgan fingerprint density at radius 2 is 2.11 bits per heavy atom. The zero-order valence-electron chi connectivity index (χ0n) is 14.6. The van der Waals surface area contributed by atoms with Crippen LogP contribution < -0.4 is 9.47 Å². The fraction of sp³-hybridized carbons (Fsp3) is 0.389. The minimum atomic E-state index is -4.57. The highest BCUT2D eigenvalue weighted by Gasteiger charge is 2.33. The van der Waals surface area contributed by atoms with Crippen molar-refractivity contribution in [1.29, 1.82) is 0 Å². The Kier molecular flexibility index (Phi) is 5.48. The van der Waals surface area contributed by atoms with Crippen molar-refractivity contribution in [3.05, 3.63) is 47.8 Å². The van der Waals surface area contributed by atoms with Gasteiger partial charge in [-0.1, -0.05) is 6.07 Å². The second-order valence-corrected chi connectivity index (χ2v) is 6.09. The van der Waals surface area contributed by atoms with E-state index in [0.29, 0.717) is 30.7 Å². The van der Waals surface area contributed by atoms with E-state index >= 15 is 0 Å². The molecule has 0 bridgehead atoms. The van der Waals surface area contributed by atoms with Crippen LogP contribution in [0, 0.1) is 0 Å². The number of aromatic nitrogens is 2. The molecule has 27 heavy (non-hydrogen) atoms. The van der Waals surface area contributed by atoms with E-state index in [0.717, 1.165) is 12.3 Å². The number of hydrogen-bond acceptors (Lipinski definition) is 5. The second kappa shape index (κ2) is 7.81. The van der Waals surface area contributed by atoms with Crippen LogP contribution in [0.2, 0.25) is 0 Å². The highest BCUT2D eigenvalue weighted by Crippen LogP contribution is 2.28. The first-order valence-electron chi connectivity index (χ1n) is 8.37. The first-order valence-corrected chi connectivity index (χ1v) is 8.37. The number of carbonyl (C=O) groups is 1. The maximum Gasteiger partial charge on any atom is 0.433 e. The number of methoxy groups -OCH3 is 1. The van der Waals surface area contributed by atoms with Crippen LogP contribution in [0.5, 0.6) is 11.8 Å². The topological polar surface area (TPSA) is 64.5 Å². The number of alkyl halides is 3. The number of carbonyl (C=O) groups excluding carboxylic acids is 1. The zero-order chi connectivity index (χ0) is 19.4. The number of halogens is 3. The summed E-state index contributed by atoms with van der Waals surface area (Å²) in [6.07, 6.45) is -2.77. The predicted octanol–water partition coefficient (Wildman–Crippen LogP) is 3.19. The number of ether oxygens (including phenoxy) is 2. The van der Waals surface area contributed by atoms with E-state index in [4.69, 9.17) is 9.47 Å². The summed E-state index contributed by atoms with van der Waals surface area (Å²) in [7, 11) is 1.52. The highest BCUT2D eigenvalue weighted by atomic mass is 19.4. The summed E-state index contributed by atoms with van der Waals surface area (Å²) in [4.78, 5) is 21.4. The van der Waals surface area contributed by atoms with Crippen molar-refractivity contribution >= 4 is 5.91 Å². The quantitative estimate of drug-likeness (QED) is 0.814. The fourth-order valence-electron chi connectivity index (χ4n) is 2.86. The van der Waals surface area contributed by atoms with Gasteiger partial charge in [0.25, 0.3) is 5.91 Å². The van der Waals surface area contributed by atoms with Gasteiger partial charge in [0.15, 0.2) is 5.69 Å². The number of benzene rings is 1. The van der Waals surface area contributed by atoms with Crippen molar-refractivity contribution in [3.8, 4) is 11.8 Å². The number of hydrogen-bond donors (Lipinski definition) is 0. The lowest BCUT2D eigenvalue weighted by molar-refractivity contribution is -0.141. The molecule has 0 N–H and O–H groups in total. The molecule has 0 spiro atoms. The minimum Gasteiger partial charge on any atom is -0.497 e. The number of nitrogens with zero attached hydrogens (tertiary/aromatic N) is 3. The van der Waals surface area contributed by atoms with Gasteiger partial charge in [0.1, 0.15) is 11.9 Å². The van der Waals surface area contributed by atoms with Crippen LogP contribution in [0.15, 0.2) is 36.5 Å². The first-order chi connectivity index (χ1) is 12.9. The van der Waals surface area contributed by atoms with Crippen molar-refractivity contribution in [2.24, 2.45) is 0 Å². The van der Waals surface area contributed by atoms with Gasteiger partial charge in [-0.15, -0.1) is 0 Å². The third-order valence-electron chi connectivity index (χ3n) is 4.18. The monoisotopic (exact) mass is 381 g/mol. The van der Waals surface area contributed by atoms with Crippen molar-refractivity contribution in [2.75, 3.05) is 20.2 Å². The molecule has 1 aromatic heterocycles. The molecule has 1 aliphatic rings. The second-order valence-electron chi connectivity index (χ2n) is 6.09. The number of piperidine rings is 1. The zero-order valence-corrected chi connectivity index (χ0v) is 14.6. The average molecular weight is 381 g/mol. The molecule has 1 fully saturated rings. The Hall–Kier alpha value is -2.84. The molecule has 0 radical (unpaired) electrons. The standard InChI is InChI=1S/C18H18F3N3O3/c1-26-13-5-2-4-12(10-13)16(25)24-9-3-6-14(11-24)27-17-22-8-7-15(23-17)18(19,20)21/h2,4-5,7-8,10,14H,3,6,9,11H2,1H3. The summed E-state index contributed by atoms with van der Waals surface area (Å²) >= 11 is 0. The molecule has 2 aromatic rings. The normalized spacial score (nSPS) is 17.5. The maximum atomic E-state index is 12.8. The minimum absolute atomic E-state index is 0.188. The van der Waals surface area contributed by atoms with E-state index in [9.17, 15) is 18.0 Å². The number of rotatable bonds is 4. The van der Waals surface area contributed by atoms with E-state index in [-0.39, 0.29) is 18.5 Å². The molecule has 1 atom stereocenters. The van der Waals surface area contributed by atoms with E-state index in [2.05, 4.69) is 9.97 Å². The van der Waals surface area contributed by atoms with Gasteiger partial charge in [0, 0.05) is 18.3 Å². The van der Waals surface area contributed by atoms with Crippen molar-refractivity contribution in [1.82, 2.24) is 14.9 Å². The third-order valence-corrected chi connectivity index (χ3v) is 4.18. The summed E-state index contributed by atoms with van der Waals surface area (Å²) in [6, 6.07) is 7.23. The summed E-state index contributed by atoms with van der Waals surface area (Å²) in [6.45, 7) is 0.787. The number of amides is 1. The Balaban J connectivity index is 1.68. The fourth-order valence-corrected chi connectivity index (χ4v) is 2.86. The molecule has 2 heterocycles. The lowest BCUT2D eigenvalue weighted by Crippen LogP contribution is -2.44. The third kappa shape index (κ3) is 4.66. The smallest absolute Gasteiger partial charge is 0.433 e. The van der Waals surface area contributed by atoms with Gasteiger partial charge in [-0.25, -0.2) is 4.98 Å². The maximum absolute atomic E-state index is 12.8. The van der Waals surface area contributed by atoms with E-state index in [1.807, 2.05) is 0 Å². The van der Waals surface area contributed by atoms with Gasteiger partial charge >= 0.3 is 12.2 Å². The lowest BCUT2D eigenvalue weighted by Gasteiger charge is -2.32. The van der Waals surface area contributed by atoms with Gasteiger partial charge in [-0.2, -0.15) is 18.2 Å². The highest BCUT2D eigenvalue weighted by molar-refractivity contribution is 5.94. The first kappa shape index (κ1) is 18.9. The number of likely N-dealkylation sites (tertiary alicyclic amines) is 1. The van der Waals surface area contributed by atoms with Crippen LogP contribution in [-0.4, -0.2) is 47.1 Å². The summed E-state index contributed by atoms with van der Waals surface area (Å²) < 4.78 is 48.9. The van der Waals surface area contributed by atoms with Gasteiger partial charge in [0.05, 0.1) is 13.7 Å². The molecule has 1 aromatic carbocycles. The van der Waals surface area contributed by atoms with Crippen LogP contribution in [-0.2, 0) is 6.18 Å². The predicted molar refractivity (Wildman–Crippen MR) is 89.6 cm³/mol. The van der Waals surface area contributed by atoms with Crippen LogP contribution in [0.25, 0.3) is 0 Å². The molecule has 1 saturated heterocycles. The Morgan fingerprint density at radius 3 is 2.85 bits per heavy atom. The van der Waals surface area contributed by atoms with Crippen molar-refractivity contribution in [2.45, 2.75) is 25.1 Å². The molecule has 9 heteroatoms. The average Bonchev–Trinajstić information content (AvgIpc) is 2.67. The van der Waals surface area contributed by atoms with Crippen LogP contribution in [0.3, 0.4) is 0 Å². The molecule has 3 rings (SSSR count). The molecule has 144 valence electrons. The SMILES string of the molecule is COc1cccc(C(=O)N2CCCC(Oc3nccc(C(F)(F)F)n3)C2)c1. The van der Waals surface area contributed by atoms with Gasteiger partial charge in [-0.3, -0.25) is 4.79 Å². The molecular weight excluding hydrogens is 363 g/mol. The Morgan fingerprint density at radius 1 is 1.30 bits per heavy atom. The summed E-state index contributed by atoms with van der Waals surface area (Å²) in [5, 5.41) is 0. The van der Waals surface area contributed by atoms with E-state index in [1.54, 1.807) is 29.2 Å². The molecular formula is C18H18F3N3O3. The van der Waals surface area contributed by atoms with Crippen molar-refractivity contribution < 1.29 is 27.4 Å². The molecule has 1 amide bonds. The molecule has 0 saturated carbocycles. The molecule has 0 aliphatic carbocycles. The van der Waals surface area contributed by atoms with E-state index in [1.165, 1.54) is 7.11 Å².